The van der Waals surface area contributed by atoms with Crippen LogP contribution < -0.4 is 20.7 Å². The lowest BCUT2D eigenvalue weighted by Gasteiger charge is -2.12. The van der Waals surface area contributed by atoms with Crippen LogP contribution in [0.1, 0.15) is 28.1 Å². The number of aromatic nitrogens is 1. The second kappa shape index (κ2) is 10.5. The lowest BCUT2D eigenvalue weighted by atomic mass is 10.2. The van der Waals surface area contributed by atoms with Crippen molar-refractivity contribution < 1.29 is 9.53 Å². The topological polar surface area (TPSA) is 87.6 Å². The summed E-state index contributed by atoms with van der Waals surface area (Å²) in [5.74, 6) is 1.26. The Bertz CT molecular complexity index is 788. The molecule has 0 radical (unpaired) electrons. The Labute approximate surface area is 164 Å². The van der Waals surface area contributed by atoms with E-state index in [4.69, 9.17) is 4.74 Å². The number of rotatable bonds is 8. The Kier molecular flexibility index (Phi) is 8.06. The minimum Gasteiger partial charge on any atom is -0.484 e. The third kappa shape index (κ3) is 6.90. The van der Waals surface area contributed by atoms with E-state index in [1.807, 2.05) is 45.0 Å². The number of nitrogens with zero attached hydrogens (tertiary/aromatic N) is 2. The first-order valence-electron chi connectivity index (χ1n) is 8.87. The molecule has 0 aliphatic rings. The van der Waals surface area contributed by atoms with Crippen LogP contribution in [0, 0.1) is 13.8 Å². The summed E-state index contributed by atoms with van der Waals surface area (Å²) in [6, 6.07) is 7.65. The Balaban J connectivity index is 1.84. The van der Waals surface area contributed by atoms with Crippen LogP contribution in [0.15, 0.2) is 29.3 Å². The third-order valence-corrected chi connectivity index (χ3v) is 4.81. The van der Waals surface area contributed by atoms with E-state index >= 15 is 0 Å². The van der Waals surface area contributed by atoms with Crippen molar-refractivity contribution in [3.63, 3.8) is 0 Å². The number of likely N-dealkylation sites (N-methyl/N-ethyl adjacent to an activating group) is 1. The third-order valence-electron chi connectivity index (χ3n) is 3.74. The van der Waals surface area contributed by atoms with Gasteiger partial charge in [0.25, 0.3) is 5.91 Å². The molecule has 0 unspecified atom stereocenters. The number of carbonyl (C=O) groups excluding carboxylic acids is 1. The van der Waals surface area contributed by atoms with Gasteiger partial charge in [-0.3, -0.25) is 9.79 Å². The average molecular weight is 390 g/mol. The number of aliphatic imine (C=N–C) groups is 1. The molecule has 8 heteroatoms. The number of aryl methyl sites for hydroxylation is 2. The van der Waals surface area contributed by atoms with Gasteiger partial charge in [0.2, 0.25) is 0 Å². The summed E-state index contributed by atoms with van der Waals surface area (Å²) in [6.45, 7) is 7.80. The average Bonchev–Trinajstić information content (AvgIpc) is 2.98. The predicted molar refractivity (Wildman–Crippen MR) is 109 cm³/mol. The van der Waals surface area contributed by atoms with Crippen LogP contribution in [0.25, 0.3) is 0 Å². The summed E-state index contributed by atoms with van der Waals surface area (Å²) in [7, 11) is 1.74. The maximum atomic E-state index is 11.5. The van der Waals surface area contributed by atoms with Crippen molar-refractivity contribution in [2.45, 2.75) is 33.9 Å². The van der Waals surface area contributed by atoms with Crippen LogP contribution in [0.3, 0.4) is 0 Å². The normalized spacial score (nSPS) is 11.2. The van der Waals surface area contributed by atoms with Gasteiger partial charge in [0, 0.05) is 25.0 Å². The van der Waals surface area contributed by atoms with Gasteiger partial charge in [-0.1, -0.05) is 12.1 Å². The molecule has 0 aliphatic heterocycles. The summed E-state index contributed by atoms with van der Waals surface area (Å²) in [5, 5.41) is 10.4. The minimum absolute atomic E-state index is 0.0154. The standard InChI is InChI=1S/C19H27N5O2S/c1-5-21-18(25)12-26-16-8-6-7-15(9-16)10-22-19(20-4)23-11-17-13(2)24-14(3)27-17/h6-9H,5,10-12H2,1-4H3,(H,21,25)(H2,20,22,23). The van der Waals surface area contributed by atoms with Crippen LogP contribution in [0.2, 0.25) is 0 Å². The van der Waals surface area contributed by atoms with Gasteiger partial charge >= 0.3 is 0 Å². The number of nitrogens with one attached hydrogen (secondary N) is 3. The number of guanidine groups is 1. The van der Waals surface area contributed by atoms with E-state index in [0.29, 0.717) is 31.3 Å². The van der Waals surface area contributed by atoms with Crippen molar-refractivity contribution in [1.29, 1.82) is 0 Å². The van der Waals surface area contributed by atoms with Crippen molar-refractivity contribution in [3.05, 3.63) is 45.4 Å². The summed E-state index contributed by atoms with van der Waals surface area (Å²) < 4.78 is 5.52. The van der Waals surface area contributed by atoms with Gasteiger partial charge in [0.15, 0.2) is 12.6 Å². The molecule has 1 aromatic heterocycles. The number of hydrogen-bond acceptors (Lipinski definition) is 5. The van der Waals surface area contributed by atoms with Crippen LogP contribution in [0.4, 0.5) is 0 Å². The van der Waals surface area contributed by atoms with Crippen LogP contribution in [0.5, 0.6) is 5.75 Å². The Hall–Kier alpha value is -2.61. The second-order valence-electron chi connectivity index (χ2n) is 5.91. The molecule has 0 bridgehead atoms. The van der Waals surface area contributed by atoms with Gasteiger partial charge in [-0.05, 0) is 38.5 Å². The van der Waals surface area contributed by atoms with Gasteiger partial charge in [-0.15, -0.1) is 11.3 Å². The Morgan fingerprint density at radius 1 is 1.22 bits per heavy atom. The van der Waals surface area contributed by atoms with Crippen molar-refractivity contribution in [1.82, 2.24) is 20.9 Å². The van der Waals surface area contributed by atoms with E-state index in [9.17, 15) is 4.79 Å². The molecule has 0 saturated heterocycles. The highest BCUT2D eigenvalue weighted by Crippen LogP contribution is 2.16. The smallest absolute Gasteiger partial charge is 0.257 e. The maximum Gasteiger partial charge on any atom is 0.257 e. The summed E-state index contributed by atoms with van der Waals surface area (Å²) >= 11 is 1.69. The first kappa shape index (κ1) is 20.7. The number of ether oxygens (including phenoxy) is 1. The molecule has 0 fully saturated rings. The fraction of sp³-hybridized carbons (Fsp3) is 0.421. The molecule has 3 N–H and O–H groups in total. The Morgan fingerprint density at radius 2 is 2.00 bits per heavy atom. The van der Waals surface area contributed by atoms with E-state index in [0.717, 1.165) is 16.3 Å². The molecule has 0 saturated carbocycles. The summed E-state index contributed by atoms with van der Waals surface area (Å²) in [6.07, 6.45) is 0. The molecule has 2 aromatic rings. The molecule has 0 spiro atoms. The highest BCUT2D eigenvalue weighted by atomic mass is 32.1. The van der Waals surface area contributed by atoms with Gasteiger partial charge in [-0.25, -0.2) is 4.98 Å². The zero-order valence-electron chi connectivity index (χ0n) is 16.3. The van der Waals surface area contributed by atoms with Gasteiger partial charge < -0.3 is 20.7 Å². The molecule has 2 rings (SSSR count). The largest absolute Gasteiger partial charge is 0.484 e. The summed E-state index contributed by atoms with van der Waals surface area (Å²) in [5.41, 5.74) is 2.09. The minimum atomic E-state index is -0.126. The molecule has 27 heavy (non-hydrogen) atoms. The number of carbonyl (C=O) groups is 1. The number of hydrogen-bond donors (Lipinski definition) is 3. The van der Waals surface area contributed by atoms with Crippen LogP contribution in [-0.4, -0.2) is 37.1 Å². The van der Waals surface area contributed by atoms with Gasteiger partial charge in [-0.2, -0.15) is 0 Å². The van der Waals surface area contributed by atoms with Crippen molar-refractivity contribution in [2.75, 3.05) is 20.2 Å². The van der Waals surface area contributed by atoms with E-state index in [1.165, 1.54) is 4.88 Å². The van der Waals surface area contributed by atoms with E-state index in [2.05, 4.69) is 25.9 Å². The molecule has 0 atom stereocenters. The fourth-order valence-electron chi connectivity index (χ4n) is 2.45. The highest BCUT2D eigenvalue weighted by molar-refractivity contribution is 7.11. The first-order chi connectivity index (χ1) is 13.0. The second-order valence-corrected chi connectivity index (χ2v) is 7.20. The van der Waals surface area contributed by atoms with E-state index in [-0.39, 0.29) is 12.5 Å². The van der Waals surface area contributed by atoms with Gasteiger partial charge in [0.1, 0.15) is 5.75 Å². The zero-order chi connectivity index (χ0) is 19.6. The molecular formula is C19H27N5O2S. The molecule has 1 aromatic carbocycles. The maximum absolute atomic E-state index is 11.5. The molecule has 1 amide bonds. The molecular weight excluding hydrogens is 362 g/mol. The zero-order valence-corrected chi connectivity index (χ0v) is 17.1. The SMILES string of the molecule is CCNC(=O)COc1cccc(CNC(=NC)NCc2sc(C)nc2C)c1. The van der Waals surface area contributed by atoms with E-state index < -0.39 is 0 Å². The van der Waals surface area contributed by atoms with Crippen molar-refractivity contribution >= 4 is 23.2 Å². The lowest BCUT2D eigenvalue weighted by molar-refractivity contribution is -0.122. The van der Waals surface area contributed by atoms with Crippen LogP contribution in [-0.2, 0) is 17.9 Å². The molecule has 1 heterocycles. The number of thiazole rings is 1. The predicted octanol–water partition coefficient (Wildman–Crippen LogP) is 2.14. The highest BCUT2D eigenvalue weighted by Gasteiger charge is 2.06. The summed E-state index contributed by atoms with van der Waals surface area (Å²) in [4.78, 5) is 21.4. The van der Waals surface area contributed by atoms with E-state index in [1.54, 1.807) is 18.4 Å². The van der Waals surface area contributed by atoms with Crippen molar-refractivity contribution in [2.24, 2.45) is 4.99 Å². The number of amides is 1. The monoisotopic (exact) mass is 389 g/mol. The Morgan fingerprint density at radius 3 is 2.67 bits per heavy atom. The fourth-order valence-corrected chi connectivity index (χ4v) is 3.33. The van der Waals surface area contributed by atoms with Gasteiger partial charge in [0.05, 0.1) is 17.2 Å². The molecule has 7 nitrogen and oxygen atoms in total. The molecule has 0 aliphatic carbocycles. The number of benzene rings is 1. The first-order valence-corrected chi connectivity index (χ1v) is 9.69. The van der Waals surface area contributed by atoms with Crippen LogP contribution >= 0.6 is 11.3 Å². The lowest BCUT2D eigenvalue weighted by Crippen LogP contribution is -2.36. The quantitative estimate of drug-likeness (QED) is 0.476. The molecule has 146 valence electrons. The van der Waals surface area contributed by atoms with Crippen molar-refractivity contribution in [3.8, 4) is 5.75 Å².